The molecule has 0 bridgehead atoms. The van der Waals surface area contributed by atoms with E-state index in [9.17, 15) is 26.3 Å². The third-order valence-corrected chi connectivity index (χ3v) is 13.7. The average molecular weight is 944 g/mol. The van der Waals surface area contributed by atoms with Crippen molar-refractivity contribution in [3.05, 3.63) is 227 Å². The molecule has 0 aliphatic carbocycles. The van der Waals surface area contributed by atoms with Gasteiger partial charge in [-0.05, 0) is 174 Å². The molecule has 12 aromatic rings. The van der Waals surface area contributed by atoms with Crippen LogP contribution in [0.5, 0.6) is 0 Å². The summed E-state index contributed by atoms with van der Waals surface area (Å²) in [5.74, 6) is 0.478. The van der Waals surface area contributed by atoms with Crippen LogP contribution in [-0.2, 0) is 0 Å². The van der Waals surface area contributed by atoms with E-state index in [0.717, 1.165) is 99.5 Å². The summed E-state index contributed by atoms with van der Waals surface area (Å²) in [7, 11) is 0. The standard InChI is InChI=1S/C65H37N9/c1-39-23-40(2)72-65(71-39)64-62(73-58-19-15-50(46-11-3-7-41(24-46)34-66)30-54(58)55-31-51(16-20-59(55)73)47-12-4-8-42(25-47)35-67)28-45(38-70)29-63(64)74-60-21-17-52(48-13-5-9-43(26-48)36-68)32-56(60)57-33-53(18-22-61(57)74)49-14-6-10-44(27-49)37-69/h3-33H,1-2H3. The Bertz CT molecular complexity index is 4080. The van der Waals surface area contributed by atoms with Crippen molar-refractivity contribution in [3.8, 4) is 97.6 Å². The van der Waals surface area contributed by atoms with Gasteiger partial charge in [0.1, 0.15) is 0 Å². The fourth-order valence-corrected chi connectivity index (χ4v) is 10.5. The zero-order chi connectivity index (χ0) is 50.6. The van der Waals surface area contributed by atoms with Crippen LogP contribution < -0.4 is 0 Å². The van der Waals surface area contributed by atoms with Gasteiger partial charge in [0.2, 0.25) is 0 Å². The van der Waals surface area contributed by atoms with Crippen LogP contribution in [0.3, 0.4) is 0 Å². The molecule has 0 aliphatic heterocycles. The Kier molecular flexibility index (Phi) is 10.7. The van der Waals surface area contributed by atoms with Crippen LogP contribution in [-0.4, -0.2) is 19.1 Å². The van der Waals surface area contributed by atoms with Crippen molar-refractivity contribution >= 4 is 43.6 Å². The first-order valence-corrected chi connectivity index (χ1v) is 23.8. The van der Waals surface area contributed by atoms with Crippen LogP contribution in [0.4, 0.5) is 0 Å². The van der Waals surface area contributed by atoms with Crippen LogP contribution in [0.1, 0.15) is 39.2 Å². The second-order valence-electron chi connectivity index (χ2n) is 18.3. The van der Waals surface area contributed by atoms with Gasteiger partial charge >= 0.3 is 0 Å². The molecule has 342 valence electrons. The topological polar surface area (TPSA) is 155 Å². The van der Waals surface area contributed by atoms with Gasteiger partial charge in [-0.2, -0.15) is 26.3 Å². The average Bonchev–Trinajstić information content (AvgIpc) is 3.95. The monoisotopic (exact) mass is 943 g/mol. The summed E-state index contributed by atoms with van der Waals surface area (Å²) in [4.78, 5) is 10.4. The number of hydrogen-bond donors (Lipinski definition) is 0. The van der Waals surface area contributed by atoms with Crippen molar-refractivity contribution < 1.29 is 0 Å². The largest absolute Gasteiger partial charge is 0.308 e. The van der Waals surface area contributed by atoms with E-state index in [-0.39, 0.29) is 0 Å². The van der Waals surface area contributed by atoms with E-state index in [1.165, 1.54) is 0 Å². The Morgan fingerprint density at radius 3 is 0.878 bits per heavy atom. The van der Waals surface area contributed by atoms with Gasteiger partial charge in [0.15, 0.2) is 5.82 Å². The van der Waals surface area contributed by atoms with E-state index in [1.54, 1.807) is 24.3 Å². The highest BCUT2D eigenvalue weighted by Gasteiger charge is 2.26. The number of fused-ring (bicyclic) bond motifs is 6. The molecular weight excluding hydrogens is 907 g/mol. The number of aromatic nitrogens is 4. The van der Waals surface area contributed by atoms with Crippen molar-refractivity contribution in [3.63, 3.8) is 0 Å². The number of benzene rings is 9. The molecule has 0 saturated heterocycles. The molecule has 0 aliphatic rings. The lowest BCUT2D eigenvalue weighted by atomic mass is 9.99. The Morgan fingerprint density at radius 1 is 0.311 bits per heavy atom. The van der Waals surface area contributed by atoms with Crippen molar-refractivity contribution in [1.29, 1.82) is 26.3 Å². The van der Waals surface area contributed by atoms with Crippen molar-refractivity contribution in [1.82, 2.24) is 19.1 Å². The van der Waals surface area contributed by atoms with Gasteiger partial charge in [0.05, 0.1) is 97.2 Å². The fourth-order valence-electron chi connectivity index (χ4n) is 10.5. The number of hydrogen-bond acceptors (Lipinski definition) is 7. The summed E-state index contributed by atoms with van der Waals surface area (Å²) in [6.45, 7) is 3.92. The maximum atomic E-state index is 11.1. The molecule has 0 fully saturated rings. The van der Waals surface area contributed by atoms with Gasteiger partial charge in [-0.1, -0.05) is 72.8 Å². The van der Waals surface area contributed by atoms with Crippen LogP contribution in [0.2, 0.25) is 0 Å². The SMILES string of the molecule is Cc1cc(C)nc(-c2c(-n3c4ccc(-c5cccc(C#N)c5)cc4c4cc(-c5cccc(C#N)c5)ccc43)cc(C#N)cc2-n2c3ccc(-c4cccc(C#N)c4)cc3c3cc(-c4cccc(C#N)c4)ccc32)n1. The Hall–Kier alpha value is -10.9. The van der Waals surface area contributed by atoms with Crippen molar-refractivity contribution in [2.75, 3.05) is 0 Å². The summed E-state index contributed by atoms with van der Waals surface area (Å²) < 4.78 is 4.40. The van der Waals surface area contributed by atoms with E-state index in [2.05, 4.69) is 112 Å². The zero-order valence-electron chi connectivity index (χ0n) is 39.9. The molecule has 3 aromatic heterocycles. The van der Waals surface area contributed by atoms with E-state index >= 15 is 0 Å². The maximum Gasteiger partial charge on any atom is 0.163 e. The zero-order valence-corrected chi connectivity index (χ0v) is 39.9. The molecule has 0 amide bonds. The molecule has 9 heteroatoms. The molecule has 0 spiro atoms. The molecular formula is C65H37N9. The third kappa shape index (κ3) is 7.54. The quantitative estimate of drug-likeness (QED) is 0.154. The first-order valence-electron chi connectivity index (χ1n) is 23.8. The molecule has 9 nitrogen and oxygen atoms in total. The van der Waals surface area contributed by atoms with E-state index < -0.39 is 0 Å². The molecule has 12 rings (SSSR count). The Labute approximate surface area is 425 Å². The minimum atomic E-state index is 0.415. The lowest BCUT2D eigenvalue weighted by molar-refractivity contribution is 1.04. The van der Waals surface area contributed by atoms with Gasteiger partial charge < -0.3 is 9.13 Å². The van der Waals surface area contributed by atoms with Crippen LogP contribution in [0.25, 0.3) is 111 Å². The summed E-state index contributed by atoms with van der Waals surface area (Å²) in [5, 5.41) is 54.3. The predicted molar refractivity (Wildman–Crippen MR) is 291 cm³/mol. The Balaban J connectivity index is 1.20. The summed E-state index contributed by atoms with van der Waals surface area (Å²) >= 11 is 0. The molecule has 0 unspecified atom stereocenters. The number of rotatable bonds is 7. The molecule has 9 aromatic carbocycles. The second-order valence-corrected chi connectivity index (χ2v) is 18.3. The predicted octanol–water partition coefficient (Wildman–Crippen LogP) is 15.0. The Morgan fingerprint density at radius 2 is 0.595 bits per heavy atom. The maximum absolute atomic E-state index is 11.1. The first-order chi connectivity index (χ1) is 36.2. The molecule has 0 atom stereocenters. The van der Waals surface area contributed by atoms with E-state index in [1.807, 2.05) is 105 Å². The summed E-state index contributed by atoms with van der Waals surface area (Å²) in [6.07, 6.45) is 0. The van der Waals surface area contributed by atoms with E-state index in [0.29, 0.717) is 50.6 Å². The molecule has 0 N–H and O–H groups in total. The third-order valence-electron chi connectivity index (χ3n) is 13.7. The van der Waals surface area contributed by atoms with Gasteiger partial charge in [-0.3, -0.25) is 0 Å². The lowest BCUT2D eigenvalue weighted by Crippen LogP contribution is -2.07. The molecule has 3 heterocycles. The summed E-state index contributed by atoms with van der Waals surface area (Å²) in [5.41, 5.74) is 17.0. The molecule has 0 radical (unpaired) electrons. The van der Waals surface area contributed by atoms with Gasteiger partial charge in [0, 0.05) is 32.9 Å². The molecule has 0 saturated carbocycles. The number of nitrogens with zero attached hydrogens (tertiary/aromatic N) is 9. The van der Waals surface area contributed by atoms with Crippen molar-refractivity contribution in [2.45, 2.75) is 13.8 Å². The highest BCUT2D eigenvalue weighted by Crippen LogP contribution is 2.45. The minimum Gasteiger partial charge on any atom is -0.308 e. The minimum absolute atomic E-state index is 0.415. The highest BCUT2D eigenvalue weighted by molar-refractivity contribution is 6.14. The van der Waals surface area contributed by atoms with Crippen LogP contribution in [0.15, 0.2) is 188 Å². The van der Waals surface area contributed by atoms with Gasteiger partial charge in [-0.15, -0.1) is 0 Å². The van der Waals surface area contributed by atoms with Crippen molar-refractivity contribution in [2.24, 2.45) is 0 Å². The smallest absolute Gasteiger partial charge is 0.163 e. The highest BCUT2D eigenvalue weighted by atomic mass is 15.0. The fraction of sp³-hybridized carbons (Fsp3) is 0.0308. The van der Waals surface area contributed by atoms with Crippen LogP contribution in [0, 0.1) is 70.5 Å². The summed E-state index contributed by atoms with van der Waals surface area (Å²) in [6, 6.07) is 73.0. The number of aryl methyl sites for hydroxylation is 2. The first kappa shape index (κ1) is 44.3. The normalized spacial score (nSPS) is 11.0. The number of nitriles is 5. The lowest BCUT2D eigenvalue weighted by Gasteiger charge is -2.20. The van der Waals surface area contributed by atoms with E-state index in [4.69, 9.17) is 9.97 Å². The van der Waals surface area contributed by atoms with Gasteiger partial charge in [-0.25, -0.2) is 9.97 Å². The van der Waals surface area contributed by atoms with Gasteiger partial charge in [0.25, 0.3) is 0 Å². The molecule has 74 heavy (non-hydrogen) atoms. The second kappa shape index (κ2) is 17.8. The van der Waals surface area contributed by atoms with Crippen LogP contribution >= 0.6 is 0 Å².